The zero-order valence-corrected chi connectivity index (χ0v) is 14.2. The first-order chi connectivity index (χ1) is 12.2. The van der Waals surface area contributed by atoms with Crippen molar-refractivity contribution in [1.82, 2.24) is 20.1 Å². The molecule has 2 fully saturated rings. The van der Waals surface area contributed by atoms with Crippen LogP contribution >= 0.6 is 0 Å². The van der Waals surface area contributed by atoms with Crippen LogP contribution in [0, 0.1) is 6.92 Å². The molecule has 0 unspecified atom stereocenters. The summed E-state index contributed by atoms with van der Waals surface area (Å²) in [6, 6.07) is 7.65. The number of pyridine rings is 1. The van der Waals surface area contributed by atoms with Crippen LogP contribution in [0.15, 0.2) is 30.5 Å². The van der Waals surface area contributed by atoms with Gasteiger partial charge in [-0.15, -0.1) is 0 Å². The molecule has 0 radical (unpaired) electrons. The summed E-state index contributed by atoms with van der Waals surface area (Å²) >= 11 is 0. The molecule has 3 atom stereocenters. The van der Waals surface area contributed by atoms with E-state index in [1.165, 1.54) is 0 Å². The maximum Gasteiger partial charge on any atom is 0.272 e. The molecule has 2 saturated heterocycles. The number of hydrogen-bond acceptors (Lipinski definition) is 5. The molecule has 7 heteroatoms. The van der Waals surface area contributed by atoms with Gasteiger partial charge < -0.3 is 14.4 Å². The summed E-state index contributed by atoms with van der Waals surface area (Å²) in [5.74, 6) is -0.0437. The van der Waals surface area contributed by atoms with Crippen LogP contribution in [-0.2, 0) is 16.1 Å². The lowest BCUT2D eigenvalue weighted by molar-refractivity contribution is -0.0814. The topological polar surface area (TPSA) is 80.3 Å². The quantitative estimate of drug-likeness (QED) is 0.915. The number of ether oxygens (including phenoxy) is 2. The predicted octanol–water partition coefficient (Wildman–Crippen LogP) is 1.70. The second-order valence-corrected chi connectivity index (χ2v) is 6.59. The van der Waals surface area contributed by atoms with Crippen LogP contribution in [0.5, 0.6) is 0 Å². The Morgan fingerprint density at radius 2 is 2.36 bits per heavy atom. The number of likely N-dealkylation sites (tertiary alicyclic amines) is 1. The first-order valence-electron chi connectivity index (χ1n) is 8.68. The number of nitrogens with zero attached hydrogens (tertiary/aromatic N) is 3. The minimum absolute atomic E-state index is 0.0437. The highest BCUT2D eigenvalue weighted by atomic mass is 16.5. The van der Waals surface area contributed by atoms with Crippen LogP contribution in [-0.4, -0.2) is 57.4 Å². The largest absolute Gasteiger partial charge is 0.373 e. The van der Waals surface area contributed by atoms with Crippen LogP contribution in [0.1, 0.15) is 34.7 Å². The van der Waals surface area contributed by atoms with E-state index in [2.05, 4.69) is 15.2 Å². The monoisotopic (exact) mass is 342 g/mol. The maximum absolute atomic E-state index is 12.8. The molecule has 0 saturated carbocycles. The Morgan fingerprint density at radius 1 is 1.44 bits per heavy atom. The van der Waals surface area contributed by atoms with E-state index in [9.17, 15) is 4.79 Å². The number of fused-ring (bicyclic) bond motifs is 1. The molecule has 0 aliphatic carbocycles. The molecule has 2 aromatic heterocycles. The first kappa shape index (κ1) is 16.2. The number of aromatic nitrogens is 3. The van der Waals surface area contributed by atoms with Crippen LogP contribution < -0.4 is 0 Å². The van der Waals surface area contributed by atoms with Gasteiger partial charge in [-0.05, 0) is 38.0 Å². The number of nitrogens with one attached hydrogen (secondary N) is 1. The molecule has 0 spiro atoms. The Morgan fingerprint density at radius 3 is 3.16 bits per heavy atom. The average molecular weight is 342 g/mol. The number of H-pyrrole nitrogens is 1. The van der Waals surface area contributed by atoms with Crippen molar-refractivity contribution in [1.29, 1.82) is 0 Å². The summed E-state index contributed by atoms with van der Waals surface area (Å²) in [5.41, 5.74) is 2.37. The number of aromatic amines is 1. The number of hydrogen-bond donors (Lipinski definition) is 1. The van der Waals surface area contributed by atoms with Gasteiger partial charge in [0.15, 0.2) is 0 Å². The van der Waals surface area contributed by atoms with Gasteiger partial charge in [-0.1, -0.05) is 6.07 Å². The molecule has 132 valence electrons. The number of carbonyl (C=O) groups excluding carboxylic acids is 1. The van der Waals surface area contributed by atoms with Gasteiger partial charge in [-0.2, -0.15) is 5.10 Å². The van der Waals surface area contributed by atoms with Crippen molar-refractivity contribution in [3.05, 3.63) is 47.5 Å². The minimum atomic E-state index is -0.139. The molecular formula is C18H22N4O3. The Kier molecular flexibility index (Phi) is 4.50. The fraction of sp³-hybridized carbons (Fsp3) is 0.500. The Balaban J connectivity index is 1.47. The van der Waals surface area contributed by atoms with E-state index in [1.807, 2.05) is 30.0 Å². The van der Waals surface area contributed by atoms with Crippen LogP contribution in [0.2, 0.25) is 0 Å². The summed E-state index contributed by atoms with van der Waals surface area (Å²) in [7, 11) is 0. The first-order valence-corrected chi connectivity index (χ1v) is 8.68. The van der Waals surface area contributed by atoms with Crippen molar-refractivity contribution >= 4 is 5.91 Å². The summed E-state index contributed by atoms with van der Waals surface area (Å²) < 4.78 is 12.1. The molecule has 0 bridgehead atoms. The van der Waals surface area contributed by atoms with E-state index >= 15 is 0 Å². The smallest absolute Gasteiger partial charge is 0.272 e. The van der Waals surface area contributed by atoms with E-state index < -0.39 is 0 Å². The molecule has 2 aliphatic rings. The number of rotatable bonds is 4. The van der Waals surface area contributed by atoms with Gasteiger partial charge >= 0.3 is 0 Å². The molecular weight excluding hydrogens is 320 g/mol. The molecule has 2 aromatic rings. The molecule has 2 aliphatic heterocycles. The lowest BCUT2D eigenvalue weighted by atomic mass is 10.0. The van der Waals surface area contributed by atoms with Crippen molar-refractivity contribution in [3.8, 4) is 0 Å². The fourth-order valence-electron chi connectivity index (χ4n) is 3.69. The second-order valence-electron chi connectivity index (χ2n) is 6.59. The highest BCUT2D eigenvalue weighted by Gasteiger charge is 2.47. The Hall–Kier alpha value is -2.25. The third-order valence-electron chi connectivity index (χ3n) is 4.86. The van der Waals surface area contributed by atoms with Crippen LogP contribution in [0.4, 0.5) is 0 Å². The number of amides is 1. The Labute approximate surface area is 146 Å². The summed E-state index contributed by atoms with van der Waals surface area (Å²) in [5, 5.41) is 6.63. The van der Waals surface area contributed by atoms with Gasteiger partial charge in [-0.25, -0.2) is 0 Å². The van der Waals surface area contributed by atoms with Crippen LogP contribution in [0.3, 0.4) is 0 Å². The summed E-state index contributed by atoms with van der Waals surface area (Å²) in [6.07, 6.45) is 3.27. The number of carbonyl (C=O) groups is 1. The van der Waals surface area contributed by atoms with Gasteiger partial charge in [0.1, 0.15) is 17.9 Å². The van der Waals surface area contributed by atoms with E-state index in [0.29, 0.717) is 18.8 Å². The molecule has 25 heavy (non-hydrogen) atoms. The molecule has 4 heterocycles. The standard InChI is InChI=1S/C18H22N4O3/c1-12-4-2-5-13(20-12)11-25-16-10-22(15-6-3-9-24-17(15)16)18(23)14-7-8-19-21-14/h2,4-5,7-8,15-17H,3,6,9-11H2,1H3,(H,19,21)/t15-,16+,17+/m1/s1. The van der Waals surface area contributed by atoms with E-state index in [0.717, 1.165) is 30.8 Å². The van der Waals surface area contributed by atoms with E-state index in [4.69, 9.17) is 9.47 Å². The molecule has 1 amide bonds. The van der Waals surface area contributed by atoms with E-state index in [-0.39, 0.29) is 24.2 Å². The van der Waals surface area contributed by atoms with Gasteiger partial charge in [0.2, 0.25) is 0 Å². The highest BCUT2D eigenvalue weighted by molar-refractivity contribution is 5.92. The van der Waals surface area contributed by atoms with Crippen molar-refractivity contribution < 1.29 is 14.3 Å². The average Bonchev–Trinajstić information content (AvgIpc) is 3.28. The lowest BCUT2D eigenvalue weighted by Crippen LogP contribution is -2.44. The summed E-state index contributed by atoms with van der Waals surface area (Å²) in [4.78, 5) is 19.1. The van der Waals surface area contributed by atoms with Crippen molar-refractivity contribution in [2.24, 2.45) is 0 Å². The van der Waals surface area contributed by atoms with Gasteiger partial charge in [0.05, 0.1) is 24.9 Å². The van der Waals surface area contributed by atoms with Crippen LogP contribution in [0.25, 0.3) is 0 Å². The third kappa shape index (κ3) is 3.29. The highest BCUT2D eigenvalue weighted by Crippen LogP contribution is 2.32. The third-order valence-corrected chi connectivity index (χ3v) is 4.86. The zero-order valence-electron chi connectivity index (χ0n) is 14.2. The number of aryl methyl sites for hydroxylation is 1. The summed E-state index contributed by atoms with van der Waals surface area (Å²) in [6.45, 7) is 3.63. The SMILES string of the molecule is Cc1cccc(CO[C@H]2CN(C(=O)c3ccn[nH]3)[C@@H]3CCCO[C@H]23)n1. The normalized spacial score (nSPS) is 25.8. The van der Waals surface area contributed by atoms with E-state index in [1.54, 1.807) is 12.3 Å². The van der Waals surface area contributed by atoms with Crippen molar-refractivity contribution in [3.63, 3.8) is 0 Å². The van der Waals surface area contributed by atoms with Gasteiger partial charge in [0.25, 0.3) is 5.91 Å². The minimum Gasteiger partial charge on any atom is -0.373 e. The Bertz CT molecular complexity index is 734. The zero-order chi connectivity index (χ0) is 17.2. The maximum atomic E-state index is 12.8. The lowest BCUT2D eigenvalue weighted by Gasteiger charge is -2.31. The second kappa shape index (κ2) is 6.93. The molecule has 1 N–H and O–H groups in total. The van der Waals surface area contributed by atoms with Gasteiger partial charge in [0, 0.05) is 18.5 Å². The van der Waals surface area contributed by atoms with Crippen molar-refractivity contribution in [2.75, 3.05) is 13.2 Å². The molecule has 7 nitrogen and oxygen atoms in total. The predicted molar refractivity (Wildman–Crippen MR) is 89.9 cm³/mol. The van der Waals surface area contributed by atoms with Gasteiger partial charge in [-0.3, -0.25) is 14.9 Å². The van der Waals surface area contributed by atoms with Crippen molar-refractivity contribution in [2.45, 2.75) is 44.6 Å². The fourth-order valence-corrected chi connectivity index (χ4v) is 3.69. The molecule has 0 aromatic carbocycles. The molecule has 4 rings (SSSR count).